The molecule has 5 nitrogen and oxygen atoms in total. The third-order valence-corrected chi connectivity index (χ3v) is 2.19. The quantitative estimate of drug-likeness (QED) is 0.764. The van der Waals surface area contributed by atoms with E-state index < -0.39 is 0 Å². The van der Waals surface area contributed by atoms with Crippen LogP contribution in [0.25, 0.3) is 0 Å². The SMILES string of the molecule is CCNCCNC(=O)Cn1cc(Br)cn1.Cl. The molecule has 1 rings (SSSR count). The molecule has 0 aromatic carbocycles. The maximum atomic E-state index is 11.4. The number of carbonyl (C=O) groups excluding carboxylic acids is 1. The molecule has 7 heteroatoms. The Hall–Kier alpha value is -0.590. The lowest BCUT2D eigenvalue weighted by atomic mass is 10.5. The number of likely N-dealkylation sites (N-methyl/N-ethyl adjacent to an activating group) is 1. The highest BCUT2D eigenvalue weighted by Crippen LogP contribution is 2.05. The van der Waals surface area contributed by atoms with Gasteiger partial charge in [0, 0.05) is 19.3 Å². The predicted octanol–water partition coefficient (Wildman–Crippen LogP) is 0.793. The first-order valence-corrected chi connectivity index (χ1v) is 5.67. The van der Waals surface area contributed by atoms with E-state index in [0.29, 0.717) is 6.54 Å². The summed E-state index contributed by atoms with van der Waals surface area (Å²) in [5, 5.41) is 9.92. The molecule has 2 N–H and O–H groups in total. The van der Waals surface area contributed by atoms with Gasteiger partial charge < -0.3 is 10.6 Å². The van der Waals surface area contributed by atoms with Crippen molar-refractivity contribution in [2.45, 2.75) is 13.5 Å². The van der Waals surface area contributed by atoms with Crippen molar-refractivity contribution in [3.05, 3.63) is 16.9 Å². The third-order valence-electron chi connectivity index (χ3n) is 1.78. The maximum absolute atomic E-state index is 11.4. The van der Waals surface area contributed by atoms with Crippen molar-refractivity contribution in [1.29, 1.82) is 0 Å². The highest BCUT2D eigenvalue weighted by atomic mass is 79.9. The van der Waals surface area contributed by atoms with Gasteiger partial charge in [-0.15, -0.1) is 12.4 Å². The minimum atomic E-state index is -0.0245. The number of rotatable bonds is 6. The van der Waals surface area contributed by atoms with Crippen LogP contribution < -0.4 is 10.6 Å². The van der Waals surface area contributed by atoms with E-state index in [1.54, 1.807) is 17.1 Å². The normalized spacial score (nSPS) is 9.62. The molecule has 0 saturated carbocycles. The Morgan fingerprint density at radius 2 is 2.31 bits per heavy atom. The van der Waals surface area contributed by atoms with Crippen LogP contribution in [-0.2, 0) is 11.3 Å². The van der Waals surface area contributed by atoms with E-state index in [4.69, 9.17) is 0 Å². The Kier molecular flexibility index (Phi) is 8.23. The zero-order valence-electron chi connectivity index (χ0n) is 9.07. The second-order valence-corrected chi connectivity index (χ2v) is 3.98. The summed E-state index contributed by atoms with van der Waals surface area (Å²) in [7, 11) is 0. The molecular weight excluding hydrogens is 295 g/mol. The molecule has 1 aromatic heterocycles. The molecule has 0 fully saturated rings. The molecule has 0 saturated heterocycles. The molecular formula is C9H16BrClN4O. The van der Waals surface area contributed by atoms with Crippen LogP contribution in [0.1, 0.15) is 6.92 Å². The van der Waals surface area contributed by atoms with Crippen LogP contribution in [0, 0.1) is 0 Å². The second-order valence-electron chi connectivity index (χ2n) is 3.06. The fraction of sp³-hybridized carbons (Fsp3) is 0.556. The van der Waals surface area contributed by atoms with Gasteiger partial charge in [-0.3, -0.25) is 9.48 Å². The molecule has 0 aliphatic rings. The van der Waals surface area contributed by atoms with E-state index in [1.165, 1.54) is 0 Å². The average molecular weight is 312 g/mol. The number of nitrogens with one attached hydrogen (secondary N) is 2. The lowest BCUT2D eigenvalue weighted by Gasteiger charge is -2.05. The summed E-state index contributed by atoms with van der Waals surface area (Å²) < 4.78 is 2.47. The third kappa shape index (κ3) is 6.09. The Labute approximate surface area is 110 Å². The van der Waals surface area contributed by atoms with Crippen molar-refractivity contribution in [1.82, 2.24) is 20.4 Å². The second kappa shape index (κ2) is 8.55. The molecule has 0 aliphatic carbocycles. The van der Waals surface area contributed by atoms with Crippen LogP contribution >= 0.6 is 28.3 Å². The van der Waals surface area contributed by atoms with Crippen LogP contribution in [-0.4, -0.2) is 35.3 Å². The van der Waals surface area contributed by atoms with Crippen LogP contribution in [0.2, 0.25) is 0 Å². The van der Waals surface area contributed by atoms with Gasteiger partial charge in [0.05, 0.1) is 10.7 Å². The molecule has 0 spiro atoms. The van der Waals surface area contributed by atoms with Gasteiger partial charge >= 0.3 is 0 Å². The highest BCUT2D eigenvalue weighted by molar-refractivity contribution is 9.10. The number of hydrogen-bond acceptors (Lipinski definition) is 3. The van der Waals surface area contributed by atoms with Crippen LogP contribution in [0.5, 0.6) is 0 Å². The van der Waals surface area contributed by atoms with Gasteiger partial charge in [0.25, 0.3) is 0 Å². The van der Waals surface area contributed by atoms with Crippen molar-refractivity contribution >= 4 is 34.2 Å². The topological polar surface area (TPSA) is 58.9 Å². The first-order valence-electron chi connectivity index (χ1n) is 4.87. The molecule has 1 amide bonds. The number of halogens is 2. The zero-order chi connectivity index (χ0) is 11.1. The summed E-state index contributed by atoms with van der Waals surface area (Å²) in [6.07, 6.45) is 3.43. The number of nitrogens with zero attached hydrogens (tertiary/aromatic N) is 2. The van der Waals surface area contributed by atoms with Gasteiger partial charge in [-0.05, 0) is 22.5 Å². The predicted molar refractivity (Wildman–Crippen MR) is 68.7 cm³/mol. The maximum Gasteiger partial charge on any atom is 0.241 e. The Balaban J connectivity index is 0.00000225. The van der Waals surface area contributed by atoms with Crippen molar-refractivity contribution < 1.29 is 4.79 Å². The fourth-order valence-corrected chi connectivity index (χ4v) is 1.42. The van der Waals surface area contributed by atoms with E-state index in [1.807, 2.05) is 6.92 Å². The first kappa shape index (κ1) is 15.4. The number of hydrogen-bond donors (Lipinski definition) is 2. The van der Waals surface area contributed by atoms with Gasteiger partial charge in [0.15, 0.2) is 0 Å². The minimum Gasteiger partial charge on any atom is -0.353 e. The smallest absolute Gasteiger partial charge is 0.241 e. The Morgan fingerprint density at radius 1 is 1.56 bits per heavy atom. The summed E-state index contributed by atoms with van der Waals surface area (Å²) in [6.45, 7) is 4.66. The lowest BCUT2D eigenvalue weighted by molar-refractivity contribution is -0.121. The zero-order valence-corrected chi connectivity index (χ0v) is 11.5. The van der Waals surface area contributed by atoms with Crippen LogP contribution in [0.4, 0.5) is 0 Å². The summed E-state index contributed by atoms with van der Waals surface area (Å²) in [5.74, 6) is -0.0245. The summed E-state index contributed by atoms with van der Waals surface area (Å²) in [5.41, 5.74) is 0. The molecule has 1 aromatic rings. The molecule has 0 bridgehead atoms. The lowest BCUT2D eigenvalue weighted by Crippen LogP contribution is -2.33. The minimum absolute atomic E-state index is 0. The Bertz CT molecular complexity index is 318. The first-order chi connectivity index (χ1) is 7.22. The fourth-order valence-electron chi connectivity index (χ4n) is 1.09. The average Bonchev–Trinajstić information content (AvgIpc) is 2.59. The Morgan fingerprint density at radius 3 is 2.88 bits per heavy atom. The summed E-state index contributed by atoms with van der Waals surface area (Å²) in [6, 6.07) is 0. The summed E-state index contributed by atoms with van der Waals surface area (Å²) >= 11 is 3.27. The molecule has 0 radical (unpaired) electrons. The van der Waals surface area contributed by atoms with E-state index in [-0.39, 0.29) is 24.9 Å². The van der Waals surface area contributed by atoms with Crippen LogP contribution in [0.15, 0.2) is 16.9 Å². The van der Waals surface area contributed by atoms with Crippen molar-refractivity contribution in [3.8, 4) is 0 Å². The van der Waals surface area contributed by atoms with Crippen molar-refractivity contribution in [2.75, 3.05) is 19.6 Å². The van der Waals surface area contributed by atoms with Gasteiger partial charge in [-0.1, -0.05) is 6.92 Å². The largest absolute Gasteiger partial charge is 0.353 e. The van der Waals surface area contributed by atoms with E-state index in [2.05, 4.69) is 31.7 Å². The van der Waals surface area contributed by atoms with E-state index in [0.717, 1.165) is 17.6 Å². The molecule has 0 aliphatic heterocycles. The van der Waals surface area contributed by atoms with Gasteiger partial charge in [0.1, 0.15) is 6.54 Å². The molecule has 0 atom stereocenters. The van der Waals surface area contributed by atoms with E-state index >= 15 is 0 Å². The van der Waals surface area contributed by atoms with Crippen molar-refractivity contribution in [2.24, 2.45) is 0 Å². The number of carbonyl (C=O) groups is 1. The van der Waals surface area contributed by atoms with Gasteiger partial charge in [0.2, 0.25) is 5.91 Å². The molecule has 0 unspecified atom stereocenters. The van der Waals surface area contributed by atoms with E-state index in [9.17, 15) is 4.79 Å². The molecule has 92 valence electrons. The summed E-state index contributed by atoms with van der Waals surface area (Å²) in [4.78, 5) is 11.4. The number of aromatic nitrogens is 2. The molecule has 1 heterocycles. The monoisotopic (exact) mass is 310 g/mol. The van der Waals surface area contributed by atoms with Gasteiger partial charge in [-0.25, -0.2) is 0 Å². The molecule has 16 heavy (non-hydrogen) atoms. The van der Waals surface area contributed by atoms with Crippen molar-refractivity contribution in [3.63, 3.8) is 0 Å². The van der Waals surface area contributed by atoms with Gasteiger partial charge in [-0.2, -0.15) is 5.10 Å². The van der Waals surface area contributed by atoms with Crippen LogP contribution in [0.3, 0.4) is 0 Å². The highest BCUT2D eigenvalue weighted by Gasteiger charge is 2.02. The standard InChI is InChI=1S/C9H15BrN4O.ClH/c1-2-11-3-4-12-9(15)7-14-6-8(10)5-13-14;/h5-6,11H,2-4,7H2,1H3,(H,12,15);1H. The number of amides is 1.